The fourth-order valence-electron chi connectivity index (χ4n) is 2.50. The van der Waals surface area contributed by atoms with Crippen molar-refractivity contribution in [2.45, 2.75) is 19.8 Å². The molecule has 21 heavy (non-hydrogen) atoms. The van der Waals surface area contributed by atoms with Crippen LogP contribution in [0.3, 0.4) is 0 Å². The zero-order chi connectivity index (χ0) is 15.4. The number of anilines is 1. The summed E-state index contributed by atoms with van der Waals surface area (Å²) in [4.78, 5) is 35.1. The zero-order valence-electron chi connectivity index (χ0n) is 11.7. The Morgan fingerprint density at radius 1 is 1.10 bits per heavy atom. The van der Waals surface area contributed by atoms with Gasteiger partial charge < -0.3 is 10.4 Å². The fourth-order valence-corrected chi connectivity index (χ4v) is 2.50. The third kappa shape index (κ3) is 3.37. The van der Waals surface area contributed by atoms with E-state index in [0.717, 1.165) is 0 Å². The Kier molecular flexibility index (Phi) is 4.52. The third-order valence-electron chi connectivity index (χ3n) is 3.65. The van der Waals surface area contributed by atoms with E-state index in [1.807, 2.05) is 6.08 Å². The maximum Gasteiger partial charge on any atom is 0.307 e. The van der Waals surface area contributed by atoms with Crippen LogP contribution in [-0.4, -0.2) is 22.8 Å². The van der Waals surface area contributed by atoms with Gasteiger partial charge in [-0.2, -0.15) is 0 Å². The van der Waals surface area contributed by atoms with Crippen molar-refractivity contribution in [3.8, 4) is 0 Å². The molecular formula is C16H17NO4. The van der Waals surface area contributed by atoms with Gasteiger partial charge in [-0.05, 0) is 31.9 Å². The van der Waals surface area contributed by atoms with Gasteiger partial charge in [0.05, 0.1) is 17.5 Å². The molecule has 0 saturated carbocycles. The van der Waals surface area contributed by atoms with Crippen molar-refractivity contribution in [3.63, 3.8) is 0 Å². The minimum absolute atomic E-state index is 0.149. The van der Waals surface area contributed by atoms with Crippen molar-refractivity contribution in [1.82, 2.24) is 0 Å². The molecule has 0 radical (unpaired) electrons. The van der Waals surface area contributed by atoms with E-state index in [1.54, 1.807) is 30.3 Å². The first kappa shape index (κ1) is 15.0. The van der Waals surface area contributed by atoms with Crippen molar-refractivity contribution < 1.29 is 19.5 Å². The molecule has 0 saturated heterocycles. The molecule has 2 unspecified atom stereocenters. The molecule has 5 heteroatoms. The smallest absolute Gasteiger partial charge is 0.307 e. The summed E-state index contributed by atoms with van der Waals surface area (Å²) in [6.07, 6.45) is 4.35. The minimum Gasteiger partial charge on any atom is -0.481 e. The lowest BCUT2D eigenvalue weighted by Crippen LogP contribution is -2.35. The lowest BCUT2D eigenvalue weighted by atomic mass is 9.82. The van der Waals surface area contributed by atoms with E-state index < -0.39 is 17.8 Å². The Morgan fingerprint density at radius 3 is 2.33 bits per heavy atom. The molecule has 0 bridgehead atoms. The Morgan fingerprint density at radius 2 is 1.71 bits per heavy atom. The van der Waals surface area contributed by atoms with Gasteiger partial charge in [0.25, 0.3) is 0 Å². The number of allylic oxidation sites excluding steroid dienone is 2. The van der Waals surface area contributed by atoms with Crippen LogP contribution in [0.15, 0.2) is 36.4 Å². The number of carboxylic acids is 1. The maximum atomic E-state index is 12.3. The number of nitrogens with one attached hydrogen (secondary N) is 1. The van der Waals surface area contributed by atoms with Crippen LogP contribution in [0, 0.1) is 11.8 Å². The predicted molar refractivity (Wildman–Crippen MR) is 78.1 cm³/mol. The molecule has 1 aliphatic carbocycles. The van der Waals surface area contributed by atoms with Gasteiger partial charge in [-0.25, -0.2) is 0 Å². The molecule has 1 aliphatic rings. The lowest BCUT2D eigenvalue weighted by Gasteiger charge is -2.24. The molecule has 2 atom stereocenters. The van der Waals surface area contributed by atoms with Crippen LogP contribution in [-0.2, 0) is 9.59 Å². The number of para-hydroxylation sites is 1. The van der Waals surface area contributed by atoms with E-state index in [4.69, 9.17) is 0 Å². The topological polar surface area (TPSA) is 83.5 Å². The number of carbonyl (C=O) groups is 3. The Balaban J connectivity index is 2.20. The highest BCUT2D eigenvalue weighted by Crippen LogP contribution is 2.28. The highest BCUT2D eigenvalue weighted by molar-refractivity contribution is 6.04. The number of ketones is 1. The van der Waals surface area contributed by atoms with Gasteiger partial charge in [-0.1, -0.05) is 24.3 Å². The number of hydrogen-bond acceptors (Lipinski definition) is 3. The minimum atomic E-state index is -0.973. The van der Waals surface area contributed by atoms with Crippen LogP contribution in [0.2, 0.25) is 0 Å². The van der Waals surface area contributed by atoms with Gasteiger partial charge in [-0.15, -0.1) is 0 Å². The number of Topliss-reactive ketones (excluding diaryl/α,β-unsaturated/α-hetero) is 1. The summed E-state index contributed by atoms with van der Waals surface area (Å²) in [6, 6.07) is 6.71. The van der Waals surface area contributed by atoms with Crippen LogP contribution in [0.5, 0.6) is 0 Å². The quantitative estimate of drug-likeness (QED) is 0.658. The standard InChI is InChI=1S/C16H17NO4/c1-10(18)11-6-4-5-9-14(11)17-15(19)12-7-2-3-8-13(12)16(20)21/h2-6,9,12-13H,7-8H2,1H3,(H,17,19)(H,20,21). The summed E-state index contributed by atoms with van der Waals surface area (Å²) in [7, 11) is 0. The van der Waals surface area contributed by atoms with E-state index in [0.29, 0.717) is 24.1 Å². The van der Waals surface area contributed by atoms with Gasteiger partial charge >= 0.3 is 5.97 Å². The number of hydrogen-bond donors (Lipinski definition) is 2. The number of aliphatic carboxylic acids is 1. The number of rotatable bonds is 4. The highest BCUT2D eigenvalue weighted by atomic mass is 16.4. The van der Waals surface area contributed by atoms with Crippen LogP contribution in [0.1, 0.15) is 30.1 Å². The van der Waals surface area contributed by atoms with E-state index in [9.17, 15) is 19.5 Å². The second-order valence-corrected chi connectivity index (χ2v) is 5.09. The maximum absolute atomic E-state index is 12.3. The summed E-state index contributed by atoms with van der Waals surface area (Å²) >= 11 is 0. The van der Waals surface area contributed by atoms with Gasteiger partial charge in [0.2, 0.25) is 5.91 Å². The monoisotopic (exact) mass is 287 g/mol. The van der Waals surface area contributed by atoms with Gasteiger partial charge in [0, 0.05) is 5.56 Å². The van der Waals surface area contributed by atoms with Crippen LogP contribution >= 0.6 is 0 Å². The van der Waals surface area contributed by atoms with Gasteiger partial charge in [0.15, 0.2) is 5.78 Å². The normalized spacial score (nSPS) is 20.8. The molecule has 0 fully saturated rings. The molecule has 1 aromatic rings. The molecule has 0 heterocycles. The highest BCUT2D eigenvalue weighted by Gasteiger charge is 2.34. The largest absolute Gasteiger partial charge is 0.481 e. The molecule has 0 aromatic heterocycles. The SMILES string of the molecule is CC(=O)c1ccccc1NC(=O)C1CC=CCC1C(=O)O. The van der Waals surface area contributed by atoms with Gasteiger partial charge in [-0.3, -0.25) is 14.4 Å². The molecule has 110 valence electrons. The molecule has 2 N–H and O–H groups in total. The van der Waals surface area contributed by atoms with Crippen LogP contribution in [0.25, 0.3) is 0 Å². The van der Waals surface area contributed by atoms with Crippen molar-refractivity contribution in [2.24, 2.45) is 11.8 Å². The number of carboxylic acid groups (broad SMARTS) is 1. The van der Waals surface area contributed by atoms with E-state index in [-0.39, 0.29) is 11.7 Å². The average Bonchev–Trinajstić information content (AvgIpc) is 2.47. The summed E-state index contributed by atoms with van der Waals surface area (Å²) in [5.74, 6) is -2.82. The van der Waals surface area contributed by atoms with Gasteiger partial charge in [0.1, 0.15) is 0 Å². The first-order chi connectivity index (χ1) is 10.0. The number of amides is 1. The van der Waals surface area contributed by atoms with E-state index in [1.165, 1.54) is 6.92 Å². The van der Waals surface area contributed by atoms with Crippen LogP contribution < -0.4 is 5.32 Å². The predicted octanol–water partition coefficient (Wildman–Crippen LogP) is 2.49. The second kappa shape index (κ2) is 6.35. The summed E-state index contributed by atoms with van der Waals surface area (Å²) < 4.78 is 0. The number of benzene rings is 1. The average molecular weight is 287 g/mol. The number of carbonyl (C=O) groups excluding carboxylic acids is 2. The van der Waals surface area contributed by atoms with Crippen molar-refractivity contribution in [1.29, 1.82) is 0 Å². The molecule has 0 spiro atoms. The lowest BCUT2D eigenvalue weighted by molar-refractivity contribution is -0.146. The van der Waals surface area contributed by atoms with Crippen molar-refractivity contribution in [2.75, 3.05) is 5.32 Å². The first-order valence-corrected chi connectivity index (χ1v) is 6.79. The Hall–Kier alpha value is -2.43. The fraction of sp³-hybridized carbons (Fsp3) is 0.312. The summed E-state index contributed by atoms with van der Waals surface area (Å²) in [6.45, 7) is 1.42. The second-order valence-electron chi connectivity index (χ2n) is 5.09. The van der Waals surface area contributed by atoms with Crippen molar-refractivity contribution >= 4 is 23.3 Å². The van der Waals surface area contributed by atoms with Crippen LogP contribution in [0.4, 0.5) is 5.69 Å². The molecule has 0 aliphatic heterocycles. The molecule has 1 amide bonds. The Labute approximate surface area is 122 Å². The zero-order valence-corrected chi connectivity index (χ0v) is 11.7. The third-order valence-corrected chi connectivity index (χ3v) is 3.65. The van der Waals surface area contributed by atoms with E-state index in [2.05, 4.69) is 5.32 Å². The van der Waals surface area contributed by atoms with Crippen molar-refractivity contribution in [3.05, 3.63) is 42.0 Å². The summed E-state index contributed by atoms with van der Waals surface area (Å²) in [5.41, 5.74) is 0.845. The molecule has 1 aromatic carbocycles. The molecule has 5 nitrogen and oxygen atoms in total. The summed E-state index contributed by atoms with van der Waals surface area (Å²) in [5, 5.41) is 11.9. The molecule has 2 rings (SSSR count). The Bertz CT molecular complexity index is 606. The van der Waals surface area contributed by atoms with E-state index >= 15 is 0 Å². The molecular weight excluding hydrogens is 270 g/mol. The first-order valence-electron chi connectivity index (χ1n) is 6.79.